The van der Waals surface area contributed by atoms with E-state index < -0.39 is 23.9 Å². The van der Waals surface area contributed by atoms with E-state index in [1.54, 1.807) is 45.0 Å². The van der Waals surface area contributed by atoms with Crippen molar-refractivity contribution in [3.63, 3.8) is 0 Å². The SMILES string of the molecule is CCCCCCOc1ccc(C(O)C(O)CNC(=O)OC(C)(C)C)cc1. The van der Waals surface area contributed by atoms with E-state index in [0.717, 1.165) is 18.6 Å². The standard InChI is InChI=1S/C20H33NO5/c1-5-6-7-8-13-25-16-11-9-15(10-12-16)18(23)17(22)14-21-19(24)26-20(2,3)4/h9-12,17-18,22-23H,5-8,13-14H2,1-4H3,(H,21,24). The second-order valence-electron chi connectivity index (χ2n) is 7.37. The zero-order valence-corrected chi connectivity index (χ0v) is 16.3. The van der Waals surface area contributed by atoms with Crippen molar-refractivity contribution in [2.45, 2.75) is 71.2 Å². The van der Waals surface area contributed by atoms with E-state index in [4.69, 9.17) is 9.47 Å². The Morgan fingerprint density at radius 3 is 2.35 bits per heavy atom. The fourth-order valence-corrected chi connectivity index (χ4v) is 2.32. The molecule has 0 saturated heterocycles. The summed E-state index contributed by atoms with van der Waals surface area (Å²) in [6.45, 7) is 8.00. The second-order valence-corrected chi connectivity index (χ2v) is 7.37. The predicted molar refractivity (Wildman–Crippen MR) is 101 cm³/mol. The lowest BCUT2D eigenvalue weighted by molar-refractivity contribution is 0.0129. The molecule has 0 aliphatic rings. The molecule has 0 radical (unpaired) electrons. The highest BCUT2D eigenvalue weighted by Crippen LogP contribution is 2.20. The minimum absolute atomic E-state index is 0.105. The Bertz CT molecular complexity index is 524. The van der Waals surface area contributed by atoms with Crippen molar-refractivity contribution in [2.75, 3.05) is 13.2 Å². The van der Waals surface area contributed by atoms with Gasteiger partial charge in [0.2, 0.25) is 0 Å². The molecule has 0 heterocycles. The maximum Gasteiger partial charge on any atom is 0.407 e. The van der Waals surface area contributed by atoms with Crippen LogP contribution in [-0.4, -0.2) is 41.2 Å². The maximum atomic E-state index is 11.6. The van der Waals surface area contributed by atoms with E-state index in [1.807, 2.05) is 0 Å². The number of rotatable bonds is 10. The minimum Gasteiger partial charge on any atom is -0.494 e. The first-order valence-electron chi connectivity index (χ1n) is 9.28. The van der Waals surface area contributed by atoms with Crippen molar-refractivity contribution in [3.05, 3.63) is 29.8 Å². The number of ether oxygens (including phenoxy) is 2. The molecule has 0 saturated carbocycles. The first kappa shape index (κ1) is 22.3. The first-order valence-corrected chi connectivity index (χ1v) is 9.28. The van der Waals surface area contributed by atoms with Crippen LogP contribution in [0.1, 0.15) is 65.0 Å². The van der Waals surface area contributed by atoms with Gasteiger partial charge in [0, 0.05) is 6.54 Å². The predicted octanol–water partition coefficient (Wildman–Crippen LogP) is 3.56. The Kier molecular flexibility index (Phi) is 9.44. The summed E-state index contributed by atoms with van der Waals surface area (Å²) >= 11 is 0. The van der Waals surface area contributed by atoms with Gasteiger partial charge in [0.25, 0.3) is 0 Å². The molecule has 6 nitrogen and oxygen atoms in total. The van der Waals surface area contributed by atoms with Gasteiger partial charge in [0.15, 0.2) is 0 Å². The van der Waals surface area contributed by atoms with Crippen molar-refractivity contribution >= 4 is 6.09 Å². The van der Waals surface area contributed by atoms with Crippen molar-refractivity contribution in [2.24, 2.45) is 0 Å². The quantitative estimate of drug-likeness (QED) is 0.550. The molecular formula is C20H33NO5. The van der Waals surface area contributed by atoms with Gasteiger partial charge in [-0.15, -0.1) is 0 Å². The van der Waals surface area contributed by atoms with Crippen molar-refractivity contribution in [1.82, 2.24) is 5.32 Å². The Morgan fingerprint density at radius 2 is 1.77 bits per heavy atom. The molecule has 0 bridgehead atoms. The number of carbonyl (C=O) groups excluding carboxylic acids is 1. The molecule has 0 spiro atoms. The zero-order chi connectivity index (χ0) is 19.6. The Labute approximate surface area is 156 Å². The number of nitrogens with one attached hydrogen (secondary N) is 1. The summed E-state index contributed by atoms with van der Waals surface area (Å²) in [7, 11) is 0. The molecule has 1 rings (SSSR count). The smallest absolute Gasteiger partial charge is 0.407 e. The van der Waals surface area contributed by atoms with Crippen LogP contribution in [0.3, 0.4) is 0 Å². The van der Waals surface area contributed by atoms with Gasteiger partial charge in [-0.3, -0.25) is 0 Å². The van der Waals surface area contributed by atoms with Crippen LogP contribution in [0.5, 0.6) is 5.75 Å². The number of aliphatic hydroxyl groups is 2. The lowest BCUT2D eigenvalue weighted by Crippen LogP contribution is -2.38. The minimum atomic E-state index is -1.14. The summed E-state index contributed by atoms with van der Waals surface area (Å²) in [5, 5.41) is 22.7. The molecule has 0 aliphatic heterocycles. The summed E-state index contributed by atoms with van der Waals surface area (Å²) in [5.41, 5.74) is -0.0538. The van der Waals surface area contributed by atoms with Gasteiger partial charge in [0.1, 0.15) is 23.6 Å². The molecule has 0 aliphatic carbocycles. The van der Waals surface area contributed by atoms with Crippen LogP contribution in [0.15, 0.2) is 24.3 Å². The lowest BCUT2D eigenvalue weighted by atomic mass is 10.0. The van der Waals surface area contributed by atoms with Crippen LogP contribution < -0.4 is 10.1 Å². The van der Waals surface area contributed by atoms with Crippen molar-refractivity contribution < 1.29 is 24.5 Å². The van der Waals surface area contributed by atoms with Gasteiger partial charge < -0.3 is 25.0 Å². The highest BCUT2D eigenvalue weighted by atomic mass is 16.6. The first-order chi connectivity index (χ1) is 12.2. The Morgan fingerprint density at radius 1 is 1.12 bits per heavy atom. The number of unbranched alkanes of at least 4 members (excludes halogenated alkanes) is 3. The largest absolute Gasteiger partial charge is 0.494 e. The third kappa shape index (κ3) is 9.06. The third-order valence-electron chi connectivity index (χ3n) is 3.71. The number of carbonyl (C=O) groups is 1. The summed E-state index contributed by atoms with van der Waals surface area (Å²) in [6, 6.07) is 6.96. The van der Waals surface area contributed by atoms with E-state index in [9.17, 15) is 15.0 Å². The number of hydrogen-bond acceptors (Lipinski definition) is 5. The molecule has 6 heteroatoms. The third-order valence-corrected chi connectivity index (χ3v) is 3.71. The Hall–Kier alpha value is -1.79. The van der Waals surface area contributed by atoms with E-state index in [2.05, 4.69) is 12.2 Å². The van der Waals surface area contributed by atoms with Crippen LogP contribution in [-0.2, 0) is 4.74 Å². The maximum absolute atomic E-state index is 11.6. The molecule has 1 aromatic carbocycles. The molecule has 3 N–H and O–H groups in total. The average molecular weight is 367 g/mol. The van der Waals surface area contributed by atoms with Gasteiger partial charge >= 0.3 is 6.09 Å². The molecule has 1 amide bonds. The second kappa shape index (κ2) is 11.0. The number of aliphatic hydroxyl groups excluding tert-OH is 2. The molecule has 1 aromatic rings. The van der Waals surface area contributed by atoms with Gasteiger partial charge in [-0.2, -0.15) is 0 Å². The van der Waals surface area contributed by atoms with Crippen LogP contribution in [0.25, 0.3) is 0 Å². The van der Waals surface area contributed by atoms with Gasteiger partial charge in [0.05, 0.1) is 6.61 Å². The summed E-state index contributed by atoms with van der Waals surface area (Å²) in [5.74, 6) is 0.735. The molecule has 0 fully saturated rings. The topological polar surface area (TPSA) is 88.0 Å². The van der Waals surface area contributed by atoms with E-state index in [-0.39, 0.29) is 6.54 Å². The fourth-order valence-electron chi connectivity index (χ4n) is 2.32. The molecular weight excluding hydrogens is 334 g/mol. The highest BCUT2D eigenvalue weighted by molar-refractivity contribution is 5.67. The van der Waals surface area contributed by atoms with Gasteiger partial charge in [-0.25, -0.2) is 4.79 Å². The molecule has 0 aromatic heterocycles. The van der Waals surface area contributed by atoms with E-state index in [0.29, 0.717) is 12.2 Å². The van der Waals surface area contributed by atoms with E-state index in [1.165, 1.54) is 12.8 Å². The van der Waals surface area contributed by atoms with Crippen LogP contribution in [0, 0.1) is 0 Å². The average Bonchev–Trinajstić information content (AvgIpc) is 2.58. The monoisotopic (exact) mass is 367 g/mol. The van der Waals surface area contributed by atoms with E-state index >= 15 is 0 Å². The number of hydrogen-bond donors (Lipinski definition) is 3. The van der Waals surface area contributed by atoms with Crippen molar-refractivity contribution in [1.29, 1.82) is 0 Å². The van der Waals surface area contributed by atoms with Crippen LogP contribution >= 0.6 is 0 Å². The molecule has 2 unspecified atom stereocenters. The number of amides is 1. The fraction of sp³-hybridized carbons (Fsp3) is 0.650. The highest BCUT2D eigenvalue weighted by Gasteiger charge is 2.21. The Balaban J connectivity index is 2.41. The zero-order valence-electron chi connectivity index (χ0n) is 16.3. The van der Waals surface area contributed by atoms with Crippen LogP contribution in [0.2, 0.25) is 0 Å². The normalized spacial score (nSPS) is 13.8. The van der Waals surface area contributed by atoms with Gasteiger partial charge in [-0.1, -0.05) is 38.3 Å². The van der Waals surface area contributed by atoms with Gasteiger partial charge in [-0.05, 0) is 44.9 Å². The summed E-state index contributed by atoms with van der Waals surface area (Å²) in [6.07, 6.45) is 1.71. The molecule has 26 heavy (non-hydrogen) atoms. The number of alkyl carbamates (subject to hydrolysis) is 1. The summed E-state index contributed by atoms with van der Waals surface area (Å²) in [4.78, 5) is 11.6. The summed E-state index contributed by atoms with van der Waals surface area (Å²) < 4.78 is 10.7. The lowest BCUT2D eigenvalue weighted by Gasteiger charge is -2.22. The number of benzene rings is 1. The van der Waals surface area contributed by atoms with Crippen LogP contribution in [0.4, 0.5) is 4.79 Å². The molecule has 2 atom stereocenters. The van der Waals surface area contributed by atoms with Crippen molar-refractivity contribution in [3.8, 4) is 5.75 Å². The molecule has 148 valence electrons.